The topological polar surface area (TPSA) is 49.3 Å². The van der Waals surface area contributed by atoms with Crippen LogP contribution in [-0.2, 0) is 4.79 Å². The molecule has 0 aliphatic rings. The molecule has 0 fully saturated rings. The highest BCUT2D eigenvalue weighted by Crippen LogP contribution is 1.86. The van der Waals surface area contributed by atoms with E-state index in [1.165, 1.54) is 0 Å². The van der Waals surface area contributed by atoms with Gasteiger partial charge in [0.1, 0.15) is 0 Å². The normalized spacial score (nSPS) is 12.9. The zero-order valence-corrected chi connectivity index (χ0v) is 5.14. The molecule has 0 rings (SSSR count). The summed E-state index contributed by atoms with van der Waals surface area (Å²) in [6.07, 6.45) is -0.341. The molecule has 0 aliphatic heterocycles. The summed E-state index contributed by atoms with van der Waals surface area (Å²) in [4.78, 5) is 10.4. The van der Waals surface area contributed by atoms with E-state index >= 15 is 0 Å². The number of aliphatic hydroxyl groups excluding tert-OH is 1. The fourth-order valence-corrected chi connectivity index (χ4v) is 0.370. The molecule has 0 spiro atoms. The molecule has 8 heavy (non-hydrogen) atoms. The van der Waals surface area contributed by atoms with Crippen molar-refractivity contribution in [2.75, 3.05) is 7.05 Å². The van der Waals surface area contributed by atoms with Crippen LogP contribution in [0.2, 0.25) is 0 Å². The largest absolute Gasteiger partial charge is 0.393 e. The maximum absolute atomic E-state index is 10.4. The molecule has 0 saturated heterocycles. The van der Waals surface area contributed by atoms with E-state index in [-0.39, 0.29) is 12.3 Å². The van der Waals surface area contributed by atoms with Gasteiger partial charge in [0.05, 0.1) is 12.5 Å². The van der Waals surface area contributed by atoms with Gasteiger partial charge in [-0.3, -0.25) is 4.79 Å². The van der Waals surface area contributed by atoms with Crippen LogP contribution >= 0.6 is 0 Å². The third-order valence-corrected chi connectivity index (χ3v) is 0.760. The Morgan fingerprint density at radius 1 is 1.88 bits per heavy atom. The van der Waals surface area contributed by atoms with Gasteiger partial charge in [-0.1, -0.05) is 0 Å². The van der Waals surface area contributed by atoms with E-state index in [9.17, 15) is 4.79 Å². The van der Waals surface area contributed by atoms with Gasteiger partial charge >= 0.3 is 0 Å². The van der Waals surface area contributed by atoms with Crippen molar-refractivity contribution in [3.63, 3.8) is 0 Å². The lowest BCUT2D eigenvalue weighted by Gasteiger charge is -1.99. The molecule has 3 heteroatoms. The van der Waals surface area contributed by atoms with Crippen LogP contribution in [0.25, 0.3) is 0 Å². The minimum absolute atomic E-state index is 0.125. The van der Waals surface area contributed by atoms with E-state index < -0.39 is 6.10 Å². The van der Waals surface area contributed by atoms with Gasteiger partial charge in [0.25, 0.3) is 0 Å². The van der Waals surface area contributed by atoms with Crippen molar-refractivity contribution in [3.8, 4) is 0 Å². The molecular formula is C5H11NO2. The predicted molar refractivity (Wildman–Crippen MR) is 30.4 cm³/mol. The predicted octanol–water partition coefficient (Wildman–Crippen LogP) is -0.497. The zero-order chi connectivity index (χ0) is 6.57. The van der Waals surface area contributed by atoms with Crippen LogP contribution in [0.3, 0.4) is 0 Å². The Bertz CT molecular complexity index is 80.5. The molecule has 0 aromatic heterocycles. The standard InChI is InChI=1S/C5H11NO2/c1-4(7)3-5(8)6-2/h4,7H,3H2,1-2H3,(H,6,8). The van der Waals surface area contributed by atoms with Gasteiger partial charge < -0.3 is 10.4 Å². The summed E-state index contributed by atoms with van der Waals surface area (Å²) in [6.45, 7) is 1.58. The van der Waals surface area contributed by atoms with E-state index in [0.29, 0.717) is 0 Å². The van der Waals surface area contributed by atoms with Crippen LogP contribution in [0.5, 0.6) is 0 Å². The van der Waals surface area contributed by atoms with Crippen LogP contribution in [-0.4, -0.2) is 24.2 Å². The molecule has 0 radical (unpaired) electrons. The number of rotatable bonds is 2. The average Bonchev–Trinajstić information content (AvgIpc) is 1.65. The molecule has 1 unspecified atom stereocenters. The highest BCUT2D eigenvalue weighted by Gasteiger charge is 2.00. The molecule has 3 nitrogen and oxygen atoms in total. The minimum atomic E-state index is -0.532. The summed E-state index contributed by atoms with van der Waals surface area (Å²) in [5.41, 5.74) is 0. The number of carbonyl (C=O) groups excluding carboxylic acids is 1. The minimum Gasteiger partial charge on any atom is -0.393 e. The van der Waals surface area contributed by atoms with Crippen LogP contribution in [0, 0.1) is 0 Å². The smallest absolute Gasteiger partial charge is 0.222 e. The van der Waals surface area contributed by atoms with Gasteiger partial charge in [0.2, 0.25) is 5.91 Å². The van der Waals surface area contributed by atoms with Crippen molar-refractivity contribution in [1.29, 1.82) is 0 Å². The highest BCUT2D eigenvalue weighted by molar-refractivity contribution is 5.75. The SMILES string of the molecule is CNC(=O)CC(C)O. The molecule has 2 N–H and O–H groups in total. The fraction of sp³-hybridized carbons (Fsp3) is 0.800. The summed E-state index contributed by atoms with van der Waals surface area (Å²) >= 11 is 0. The highest BCUT2D eigenvalue weighted by atomic mass is 16.3. The van der Waals surface area contributed by atoms with Crippen molar-refractivity contribution in [2.45, 2.75) is 19.4 Å². The first kappa shape index (κ1) is 7.43. The van der Waals surface area contributed by atoms with Gasteiger partial charge in [0, 0.05) is 7.05 Å². The van der Waals surface area contributed by atoms with Crippen molar-refractivity contribution in [1.82, 2.24) is 5.32 Å². The lowest BCUT2D eigenvalue weighted by atomic mass is 10.3. The Hall–Kier alpha value is -0.570. The van der Waals surface area contributed by atoms with Crippen molar-refractivity contribution in [3.05, 3.63) is 0 Å². The maximum atomic E-state index is 10.4. The zero-order valence-electron chi connectivity index (χ0n) is 5.14. The molecule has 1 amide bonds. The quantitative estimate of drug-likeness (QED) is 0.512. The van der Waals surface area contributed by atoms with Crippen molar-refractivity contribution < 1.29 is 9.90 Å². The molecule has 0 aromatic rings. The van der Waals surface area contributed by atoms with Crippen LogP contribution in [0.4, 0.5) is 0 Å². The Balaban J connectivity index is 3.25. The average molecular weight is 117 g/mol. The molecular weight excluding hydrogens is 106 g/mol. The number of nitrogens with one attached hydrogen (secondary N) is 1. The van der Waals surface area contributed by atoms with E-state index in [2.05, 4.69) is 5.32 Å². The Morgan fingerprint density at radius 2 is 2.38 bits per heavy atom. The Labute approximate surface area is 48.7 Å². The number of hydrogen-bond acceptors (Lipinski definition) is 2. The van der Waals surface area contributed by atoms with Gasteiger partial charge in [-0.2, -0.15) is 0 Å². The molecule has 0 heterocycles. The fourth-order valence-electron chi connectivity index (χ4n) is 0.370. The lowest BCUT2D eigenvalue weighted by molar-refractivity contribution is -0.122. The monoisotopic (exact) mass is 117 g/mol. The third-order valence-electron chi connectivity index (χ3n) is 0.760. The summed E-state index contributed by atoms with van der Waals surface area (Å²) in [6, 6.07) is 0. The second-order valence-electron chi connectivity index (χ2n) is 1.73. The summed E-state index contributed by atoms with van der Waals surface area (Å²) in [5, 5.41) is 11.0. The van der Waals surface area contributed by atoms with Gasteiger partial charge in [-0.15, -0.1) is 0 Å². The second-order valence-corrected chi connectivity index (χ2v) is 1.73. The number of amides is 1. The third kappa shape index (κ3) is 3.61. The maximum Gasteiger partial charge on any atom is 0.222 e. The number of carbonyl (C=O) groups is 1. The summed E-state index contributed by atoms with van der Waals surface area (Å²) < 4.78 is 0. The van der Waals surface area contributed by atoms with E-state index in [1.54, 1.807) is 14.0 Å². The van der Waals surface area contributed by atoms with Crippen LogP contribution < -0.4 is 5.32 Å². The molecule has 0 saturated carbocycles. The lowest BCUT2D eigenvalue weighted by Crippen LogP contribution is -2.21. The van der Waals surface area contributed by atoms with E-state index in [4.69, 9.17) is 5.11 Å². The first-order chi connectivity index (χ1) is 3.66. The Kier molecular flexibility index (Phi) is 3.19. The Morgan fingerprint density at radius 3 is 2.50 bits per heavy atom. The first-order valence-corrected chi connectivity index (χ1v) is 2.55. The molecule has 0 aromatic carbocycles. The van der Waals surface area contributed by atoms with E-state index in [0.717, 1.165) is 0 Å². The first-order valence-electron chi connectivity index (χ1n) is 2.55. The molecule has 1 atom stereocenters. The second kappa shape index (κ2) is 3.43. The van der Waals surface area contributed by atoms with Crippen LogP contribution in [0.1, 0.15) is 13.3 Å². The van der Waals surface area contributed by atoms with Gasteiger partial charge in [0.15, 0.2) is 0 Å². The summed E-state index contributed by atoms with van der Waals surface area (Å²) in [5.74, 6) is -0.125. The molecule has 48 valence electrons. The van der Waals surface area contributed by atoms with Crippen molar-refractivity contribution >= 4 is 5.91 Å². The van der Waals surface area contributed by atoms with Gasteiger partial charge in [-0.05, 0) is 6.92 Å². The summed E-state index contributed by atoms with van der Waals surface area (Å²) in [7, 11) is 1.55. The molecule has 0 bridgehead atoms. The van der Waals surface area contributed by atoms with Crippen molar-refractivity contribution in [2.24, 2.45) is 0 Å². The number of hydrogen-bond donors (Lipinski definition) is 2. The van der Waals surface area contributed by atoms with E-state index in [1.807, 2.05) is 0 Å². The van der Waals surface area contributed by atoms with Crippen LogP contribution in [0.15, 0.2) is 0 Å². The number of aliphatic hydroxyl groups is 1. The molecule has 0 aliphatic carbocycles. The van der Waals surface area contributed by atoms with Gasteiger partial charge in [-0.25, -0.2) is 0 Å².